The molecule has 106 valence electrons. The third-order valence-electron chi connectivity index (χ3n) is 3.38. The molecule has 0 spiro atoms. The molecule has 0 aliphatic carbocycles. The lowest BCUT2D eigenvalue weighted by atomic mass is 10.3. The molecule has 3 rings (SSSR count). The van der Waals surface area contributed by atoms with Gasteiger partial charge in [-0.05, 0) is 13.0 Å². The Labute approximate surface area is 117 Å². The summed E-state index contributed by atoms with van der Waals surface area (Å²) in [4.78, 5) is 13.2. The van der Waals surface area contributed by atoms with Gasteiger partial charge in [-0.1, -0.05) is 0 Å². The molecule has 0 saturated carbocycles. The summed E-state index contributed by atoms with van der Waals surface area (Å²) in [5.74, 6) is 3.13. The molecule has 0 bridgehead atoms. The molecular weight excluding hydrogens is 256 g/mol. The van der Waals surface area contributed by atoms with Crippen LogP contribution < -0.4 is 4.90 Å². The molecule has 0 amide bonds. The number of hydrogen-bond acceptors (Lipinski definition) is 7. The van der Waals surface area contributed by atoms with Crippen molar-refractivity contribution in [2.45, 2.75) is 20.4 Å². The fourth-order valence-electron chi connectivity index (χ4n) is 2.35. The molecule has 0 N–H and O–H groups in total. The van der Waals surface area contributed by atoms with Gasteiger partial charge in [0, 0.05) is 39.3 Å². The molecule has 2 aromatic rings. The third kappa shape index (κ3) is 2.93. The SMILES string of the molecule is Cc1nccc(N2CCN(Cc3nnc(C)o3)CC2)n1. The molecule has 0 unspecified atom stereocenters. The maximum absolute atomic E-state index is 5.42. The molecular formula is C13H18N6O. The van der Waals surface area contributed by atoms with Gasteiger partial charge in [-0.2, -0.15) is 0 Å². The van der Waals surface area contributed by atoms with Crippen LogP contribution in [0.4, 0.5) is 5.82 Å². The highest BCUT2D eigenvalue weighted by Gasteiger charge is 2.19. The van der Waals surface area contributed by atoms with Crippen molar-refractivity contribution in [3.05, 3.63) is 29.9 Å². The predicted octanol–water partition coefficient (Wildman–Crippen LogP) is 0.799. The average molecular weight is 274 g/mol. The summed E-state index contributed by atoms with van der Waals surface area (Å²) in [6.45, 7) is 8.27. The van der Waals surface area contributed by atoms with Gasteiger partial charge in [0.05, 0.1) is 6.54 Å². The smallest absolute Gasteiger partial charge is 0.230 e. The molecule has 7 heteroatoms. The number of hydrogen-bond donors (Lipinski definition) is 0. The van der Waals surface area contributed by atoms with E-state index in [9.17, 15) is 0 Å². The summed E-state index contributed by atoms with van der Waals surface area (Å²) < 4.78 is 5.42. The van der Waals surface area contributed by atoms with Crippen LogP contribution in [0, 0.1) is 13.8 Å². The van der Waals surface area contributed by atoms with Crippen LogP contribution >= 0.6 is 0 Å². The summed E-state index contributed by atoms with van der Waals surface area (Å²) in [6.07, 6.45) is 1.81. The Morgan fingerprint density at radius 3 is 2.60 bits per heavy atom. The summed E-state index contributed by atoms with van der Waals surface area (Å²) in [7, 11) is 0. The van der Waals surface area contributed by atoms with Crippen LogP contribution in [0.2, 0.25) is 0 Å². The van der Waals surface area contributed by atoms with Crippen LogP contribution in [-0.4, -0.2) is 51.2 Å². The van der Waals surface area contributed by atoms with Crippen LogP contribution in [0.15, 0.2) is 16.7 Å². The molecule has 3 heterocycles. The number of piperazine rings is 1. The zero-order valence-corrected chi connectivity index (χ0v) is 11.8. The fraction of sp³-hybridized carbons (Fsp3) is 0.538. The summed E-state index contributed by atoms with van der Waals surface area (Å²) >= 11 is 0. The predicted molar refractivity (Wildman–Crippen MR) is 73.3 cm³/mol. The minimum Gasteiger partial charge on any atom is -0.424 e. The maximum Gasteiger partial charge on any atom is 0.230 e. The van der Waals surface area contributed by atoms with Crippen LogP contribution in [0.5, 0.6) is 0 Å². The standard InChI is InChI=1S/C13H18N6O/c1-10-14-4-3-12(15-10)19-7-5-18(6-8-19)9-13-17-16-11(2)20-13/h3-4H,5-9H2,1-2H3. The second-order valence-corrected chi connectivity index (χ2v) is 4.94. The number of rotatable bonds is 3. The van der Waals surface area contributed by atoms with E-state index in [1.165, 1.54) is 0 Å². The average Bonchev–Trinajstić information content (AvgIpc) is 2.85. The summed E-state index contributed by atoms with van der Waals surface area (Å²) in [5.41, 5.74) is 0. The number of anilines is 1. The van der Waals surface area contributed by atoms with E-state index in [0.717, 1.165) is 44.4 Å². The molecule has 7 nitrogen and oxygen atoms in total. The Morgan fingerprint density at radius 1 is 1.15 bits per heavy atom. The van der Waals surface area contributed by atoms with Gasteiger partial charge >= 0.3 is 0 Å². The van der Waals surface area contributed by atoms with E-state index in [-0.39, 0.29) is 0 Å². The molecule has 0 radical (unpaired) electrons. The van der Waals surface area contributed by atoms with Gasteiger partial charge in [0.15, 0.2) is 0 Å². The van der Waals surface area contributed by atoms with Crippen molar-refractivity contribution >= 4 is 5.82 Å². The zero-order chi connectivity index (χ0) is 13.9. The van der Waals surface area contributed by atoms with E-state index >= 15 is 0 Å². The van der Waals surface area contributed by atoms with Gasteiger partial charge in [0.2, 0.25) is 11.8 Å². The van der Waals surface area contributed by atoms with Gasteiger partial charge in [-0.25, -0.2) is 9.97 Å². The van der Waals surface area contributed by atoms with E-state index in [0.29, 0.717) is 11.8 Å². The van der Waals surface area contributed by atoms with Gasteiger partial charge in [-0.15, -0.1) is 10.2 Å². The van der Waals surface area contributed by atoms with Gasteiger partial charge < -0.3 is 9.32 Å². The molecule has 1 saturated heterocycles. The topological polar surface area (TPSA) is 71.2 Å². The van der Waals surface area contributed by atoms with Gasteiger partial charge in [-0.3, -0.25) is 4.90 Å². The minimum absolute atomic E-state index is 0.620. The first-order chi connectivity index (χ1) is 9.70. The Hall–Kier alpha value is -2.02. The van der Waals surface area contributed by atoms with Crippen molar-refractivity contribution < 1.29 is 4.42 Å². The number of nitrogens with zero attached hydrogens (tertiary/aromatic N) is 6. The Balaban J connectivity index is 1.57. The highest BCUT2D eigenvalue weighted by molar-refractivity contribution is 5.37. The summed E-state index contributed by atoms with van der Waals surface area (Å²) in [5, 5.41) is 7.89. The number of aromatic nitrogens is 4. The first kappa shape index (κ1) is 13.0. The van der Waals surface area contributed by atoms with Gasteiger partial charge in [0.25, 0.3) is 0 Å². The van der Waals surface area contributed by atoms with Crippen LogP contribution in [-0.2, 0) is 6.54 Å². The van der Waals surface area contributed by atoms with E-state index in [4.69, 9.17) is 4.42 Å². The second-order valence-electron chi connectivity index (χ2n) is 4.94. The largest absolute Gasteiger partial charge is 0.424 e. The molecule has 1 aliphatic rings. The van der Waals surface area contributed by atoms with Gasteiger partial charge in [0.1, 0.15) is 11.6 Å². The molecule has 1 aliphatic heterocycles. The van der Waals surface area contributed by atoms with Crippen molar-refractivity contribution in [3.63, 3.8) is 0 Å². The highest BCUT2D eigenvalue weighted by atomic mass is 16.4. The lowest BCUT2D eigenvalue weighted by molar-refractivity contribution is 0.224. The molecule has 0 atom stereocenters. The fourth-order valence-corrected chi connectivity index (χ4v) is 2.35. The van der Waals surface area contributed by atoms with Crippen LogP contribution in [0.25, 0.3) is 0 Å². The maximum atomic E-state index is 5.42. The third-order valence-corrected chi connectivity index (χ3v) is 3.38. The molecule has 1 fully saturated rings. The van der Waals surface area contributed by atoms with E-state index < -0.39 is 0 Å². The Morgan fingerprint density at radius 2 is 1.95 bits per heavy atom. The highest BCUT2D eigenvalue weighted by Crippen LogP contribution is 2.14. The first-order valence-corrected chi connectivity index (χ1v) is 6.76. The summed E-state index contributed by atoms with van der Waals surface area (Å²) in [6, 6.07) is 1.96. The van der Waals surface area contributed by atoms with Crippen molar-refractivity contribution in [3.8, 4) is 0 Å². The van der Waals surface area contributed by atoms with Crippen molar-refractivity contribution in [2.24, 2.45) is 0 Å². The minimum atomic E-state index is 0.620. The first-order valence-electron chi connectivity index (χ1n) is 6.76. The van der Waals surface area contributed by atoms with Crippen molar-refractivity contribution in [1.82, 2.24) is 25.1 Å². The lowest BCUT2D eigenvalue weighted by Gasteiger charge is -2.34. The van der Waals surface area contributed by atoms with E-state index in [1.54, 1.807) is 0 Å². The number of aryl methyl sites for hydroxylation is 2. The quantitative estimate of drug-likeness (QED) is 0.819. The lowest BCUT2D eigenvalue weighted by Crippen LogP contribution is -2.46. The normalized spacial score (nSPS) is 16.6. The zero-order valence-electron chi connectivity index (χ0n) is 11.8. The Bertz CT molecular complexity index is 576. The van der Waals surface area contributed by atoms with Crippen LogP contribution in [0.1, 0.15) is 17.6 Å². The monoisotopic (exact) mass is 274 g/mol. The van der Waals surface area contributed by atoms with Crippen molar-refractivity contribution in [2.75, 3.05) is 31.1 Å². The van der Waals surface area contributed by atoms with E-state index in [2.05, 4.69) is 30.0 Å². The van der Waals surface area contributed by atoms with E-state index in [1.807, 2.05) is 26.1 Å². The second kappa shape index (κ2) is 5.54. The molecule has 2 aromatic heterocycles. The Kier molecular flexibility index (Phi) is 3.60. The molecule has 20 heavy (non-hydrogen) atoms. The van der Waals surface area contributed by atoms with Crippen LogP contribution in [0.3, 0.4) is 0 Å². The van der Waals surface area contributed by atoms with Crippen molar-refractivity contribution in [1.29, 1.82) is 0 Å². The molecule has 0 aromatic carbocycles.